The van der Waals surface area contributed by atoms with E-state index in [9.17, 15) is 14.4 Å². The number of halogens is 1. The smallest absolute Gasteiger partial charge is 0.258 e. The summed E-state index contributed by atoms with van der Waals surface area (Å²) >= 11 is 3.50. The highest BCUT2D eigenvalue weighted by Crippen LogP contribution is 2.23. The Hall–Kier alpha value is -2.51. The molecule has 1 heterocycles. The first-order valence-electron chi connectivity index (χ1n) is 10.6. The first-order valence-corrected chi connectivity index (χ1v) is 11.4. The average Bonchev–Trinajstić information content (AvgIpc) is 3.09. The summed E-state index contributed by atoms with van der Waals surface area (Å²) in [6, 6.07) is 14.9. The molecule has 1 fully saturated rings. The Morgan fingerprint density at radius 3 is 2.19 bits per heavy atom. The fourth-order valence-corrected chi connectivity index (χ4v) is 4.05. The summed E-state index contributed by atoms with van der Waals surface area (Å²) in [5.74, 6) is -0.352. The van der Waals surface area contributed by atoms with Gasteiger partial charge in [0.15, 0.2) is 0 Å². The van der Waals surface area contributed by atoms with Crippen molar-refractivity contribution < 1.29 is 14.4 Å². The van der Waals surface area contributed by atoms with Crippen LogP contribution in [0.3, 0.4) is 0 Å². The summed E-state index contributed by atoms with van der Waals surface area (Å²) in [4.78, 5) is 42.4. The highest BCUT2D eigenvalue weighted by atomic mass is 79.9. The second-order valence-corrected chi connectivity index (χ2v) is 8.45. The van der Waals surface area contributed by atoms with Crippen LogP contribution in [-0.2, 0) is 16.1 Å². The van der Waals surface area contributed by atoms with Crippen LogP contribution in [0.2, 0.25) is 0 Å². The molecule has 0 saturated carbocycles. The zero-order valence-corrected chi connectivity index (χ0v) is 19.6. The molecule has 0 aliphatic carbocycles. The third-order valence-electron chi connectivity index (χ3n) is 5.60. The van der Waals surface area contributed by atoms with Crippen molar-refractivity contribution in [2.45, 2.75) is 33.2 Å². The van der Waals surface area contributed by atoms with Gasteiger partial charge in [-0.25, -0.2) is 0 Å². The molecule has 3 rings (SSSR count). The van der Waals surface area contributed by atoms with Gasteiger partial charge in [-0.15, -0.1) is 0 Å². The van der Waals surface area contributed by atoms with Crippen molar-refractivity contribution in [2.75, 3.05) is 31.1 Å². The van der Waals surface area contributed by atoms with Crippen molar-refractivity contribution in [1.29, 1.82) is 0 Å². The summed E-state index contributed by atoms with van der Waals surface area (Å²) < 4.78 is 0.918. The number of imide groups is 1. The van der Waals surface area contributed by atoms with Gasteiger partial charge in [-0.2, -0.15) is 0 Å². The SMILES string of the molecule is CCN(CC)CCN(C(=O)c1ccc(CN2C(=O)CCC2=O)cc1)c1cccc(Br)c1. The molecule has 0 atom stereocenters. The molecular weight excluding hydrogens is 458 g/mol. The van der Waals surface area contributed by atoms with E-state index < -0.39 is 0 Å². The van der Waals surface area contributed by atoms with E-state index in [1.165, 1.54) is 4.90 Å². The number of carbonyl (C=O) groups is 3. The topological polar surface area (TPSA) is 60.9 Å². The number of nitrogens with zero attached hydrogens (tertiary/aromatic N) is 3. The maximum atomic E-state index is 13.4. The van der Waals surface area contributed by atoms with Gasteiger partial charge in [0.1, 0.15) is 0 Å². The zero-order valence-electron chi connectivity index (χ0n) is 18.0. The van der Waals surface area contributed by atoms with Crippen LogP contribution >= 0.6 is 15.9 Å². The van der Waals surface area contributed by atoms with Crippen LogP contribution in [-0.4, -0.2) is 53.7 Å². The van der Waals surface area contributed by atoms with E-state index in [2.05, 4.69) is 34.7 Å². The minimum Gasteiger partial charge on any atom is -0.307 e. The normalized spacial score (nSPS) is 13.9. The van der Waals surface area contributed by atoms with Crippen molar-refractivity contribution in [2.24, 2.45) is 0 Å². The number of likely N-dealkylation sites (tertiary alicyclic amines) is 1. The zero-order chi connectivity index (χ0) is 22.4. The lowest BCUT2D eigenvalue weighted by atomic mass is 10.1. The monoisotopic (exact) mass is 485 g/mol. The van der Waals surface area contributed by atoms with E-state index >= 15 is 0 Å². The molecule has 0 bridgehead atoms. The highest BCUT2D eigenvalue weighted by molar-refractivity contribution is 9.10. The van der Waals surface area contributed by atoms with Gasteiger partial charge >= 0.3 is 0 Å². The number of anilines is 1. The van der Waals surface area contributed by atoms with Crippen LogP contribution in [0.15, 0.2) is 53.0 Å². The molecule has 0 unspecified atom stereocenters. The molecule has 164 valence electrons. The molecule has 6 nitrogen and oxygen atoms in total. The number of amides is 3. The van der Waals surface area contributed by atoms with Gasteiger partial charge < -0.3 is 9.80 Å². The third kappa shape index (κ3) is 5.80. The minimum absolute atomic E-state index is 0.0786. The molecule has 2 aromatic carbocycles. The van der Waals surface area contributed by atoms with E-state index in [1.807, 2.05) is 36.4 Å². The van der Waals surface area contributed by atoms with Crippen molar-refractivity contribution in [3.05, 3.63) is 64.1 Å². The summed E-state index contributed by atoms with van der Waals surface area (Å²) in [6.45, 7) is 7.70. The Labute approximate surface area is 191 Å². The van der Waals surface area contributed by atoms with E-state index in [1.54, 1.807) is 17.0 Å². The van der Waals surface area contributed by atoms with Crippen LogP contribution < -0.4 is 4.90 Å². The second-order valence-electron chi connectivity index (χ2n) is 7.53. The minimum atomic E-state index is -0.137. The Balaban J connectivity index is 1.78. The molecule has 0 spiro atoms. The van der Waals surface area contributed by atoms with E-state index in [0.717, 1.165) is 35.4 Å². The number of likely N-dealkylation sites (N-methyl/N-ethyl adjacent to an activating group) is 1. The lowest BCUT2D eigenvalue weighted by Crippen LogP contribution is -2.39. The predicted octanol–water partition coefficient (Wildman–Crippen LogP) is 4.09. The number of rotatable bonds is 9. The largest absolute Gasteiger partial charge is 0.307 e. The lowest BCUT2D eigenvalue weighted by Gasteiger charge is -2.27. The standard InChI is InChI=1S/C24H28BrN3O3/c1-3-26(4-2)14-15-27(21-7-5-6-20(25)16-21)24(31)19-10-8-18(9-11-19)17-28-22(29)12-13-23(28)30/h5-11,16H,3-4,12-15,17H2,1-2H3. The average molecular weight is 486 g/mol. The van der Waals surface area contributed by atoms with Crippen LogP contribution in [0, 0.1) is 0 Å². The molecule has 31 heavy (non-hydrogen) atoms. The van der Waals surface area contributed by atoms with Crippen molar-refractivity contribution in [3.63, 3.8) is 0 Å². The molecule has 7 heteroatoms. The summed E-state index contributed by atoms with van der Waals surface area (Å²) in [5, 5.41) is 0. The Morgan fingerprint density at radius 2 is 1.61 bits per heavy atom. The molecule has 0 N–H and O–H groups in total. The highest BCUT2D eigenvalue weighted by Gasteiger charge is 2.28. The van der Waals surface area contributed by atoms with Crippen LogP contribution in [0.1, 0.15) is 42.6 Å². The van der Waals surface area contributed by atoms with E-state index in [4.69, 9.17) is 0 Å². The Morgan fingerprint density at radius 1 is 0.968 bits per heavy atom. The molecular formula is C24H28BrN3O3. The molecule has 3 amide bonds. The van der Waals surface area contributed by atoms with Gasteiger partial charge in [0.25, 0.3) is 5.91 Å². The molecule has 1 aliphatic heterocycles. The van der Waals surface area contributed by atoms with Crippen LogP contribution in [0.4, 0.5) is 5.69 Å². The molecule has 1 saturated heterocycles. The van der Waals surface area contributed by atoms with Gasteiger partial charge in [-0.1, -0.05) is 48.0 Å². The quantitative estimate of drug-likeness (QED) is 0.501. The van der Waals surface area contributed by atoms with Crippen molar-refractivity contribution >= 4 is 39.3 Å². The Bertz CT molecular complexity index is 925. The summed E-state index contributed by atoms with van der Waals surface area (Å²) in [5.41, 5.74) is 2.24. The maximum absolute atomic E-state index is 13.4. The van der Waals surface area contributed by atoms with Crippen molar-refractivity contribution in [3.8, 4) is 0 Å². The van der Waals surface area contributed by atoms with Gasteiger partial charge in [-0.3, -0.25) is 19.3 Å². The van der Waals surface area contributed by atoms with Crippen molar-refractivity contribution in [1.82, 2.24) is 9.80 Å². The number of hydrogen-bond donors (Lipinski definition) is 0. The fourth-order valence-electron chi connectivity index (χ4n) is 3.66. The lowest BCUT2D eigenvalue weighted by molar-refractivity contribution is -0.139. The summed E-state index contributed by atoms with van der Waals surface area (Å²) in [7, 11) is 0. The molecule has 0 aromatic heterocycles. The maximum Gasteiger partial charge on any atom is 0.258 e. The first-order chi connectivity index (χ1) is 14.9. The number of carbonyl (C=O) groups excluding carboxylic acids is 3. The fraction of sp³-hybridized carbons (Fsp3) is 0.375. The van der Waals surface area contributed by atoms with Crippen LogP contribution in [0.25, 0.3) is 0 Å². The van der Waals surface area contributed by atoms with Gasteiger partial charge in [0.2, 0.25) is 11.8 Å². The Kier molecular flexibility index (Phi) is 7.98. The third-order valence-corrected chi connectivity index (χ3v) is 6.09. The van der Waals surface area contributed by atoms with E-state index in [0.29, 0.717) is 12.1 Å². The van der Waals surface area contributed by atoms with Gasteiger partial charge in [-0.05, 0) is 49.0 Å². The number of hydrogen-bond acceptors (Lipinski definition) is 4. The molecule has 1 aliphatic rings. The number of benzene rings is 2. The predicted molar refractivity (Wildman–Crippen MR) is 125 cm³/mol. The molecule has 2 aromatic rings. The second kappa shape index (κ2) is 10.7. The molecule has 0 radical (unpaired) electrons. The van der Waals surface area contributed by atoms with E-state index in [-0.39, 0.29) is 37.1 Å². The van der Waals surface area contributed by atoms with Gasteiger partial charge in [0, 0.05) is 41.7 Å². The van der Waals surface area contributed by atoms with Crippen LogP contribution in [0.5, 0.6) is 0 Å². The van der Waals surface area contributed by atoms with Gasteiger partial charge in [0.05, 0.1) is 6.54 Å². The first kappa shape index (κ1) is 23.2. The summed E-state index contributed by atoms with van der Waals surface area (Å²) in [6.07, 6.45) is 0.563.